The predicted molar refractivity (Wildman–Crippen MR) is 123 cm³/mol. The molecule has 1 aliphatic rings. The number of hydrogen-bond acceptors (Lipinski definition) is 7. The largest absolute Gasteiger partial charge is 0.493 e. The van der Waals surface area contributed by atoms with E-state index in [1.54, 1.807) is 20.3 Å². The molecule has 0 N–H and O–H groups in total. The molecule has 0 amide bonds. The summed E-state index contributed by atoms with van der Waals surface area (Å²) in [5.41, 5.74) is 1.51. The lowest BCUT2D eigenvalue weighted by atomic mass is 10.1. The van der Waals surface area contributed by atoms with E-state index in [2.05, 4.69) is 10.2 Å². The molecule has 8 nitrogen and oxygen atoms in total. The first-order chi connectivity index (χ1) is 15.8. The molecule has 1 aliphatic heterocycles. The van der Waals surface area contributed by atoms with Crippen LogP contribution in [0.4, 0.5) is 10.2 Å². The monoisotopic (exact) mass is 492 g/mol. The minimum Gasteiger partial charge on any atom is -0.493 e. The molecule has 11 heteroatoms. The molecule has 0 radical (unpaired) electrons. The quantitative estimate of drug-likeness (QED) is 0.521. The summed E-state index contributed by atoms with van der Waals surface area (Å²) in [4.78, 5) is 1.94. The molecule has 0 saturated carbocycles. The van der Waals surface area contributed by atoms with Crippen molar-refractivity contribution in [3.8, 4) is 22.8 Å². The number of hydrogen-bond donors (Lipinski definition) is 0. The zero-order valence-electron chi connectivity index (χ0n) is 18.0. The predicted octanol–water partition coefficient (Wildman–Crippen LogP) is 3.46. The third kappa shape index (κ3) is 4.73. The molecule has 1 fully saturated rings. The topological polar surface area (TPSA) is 84.9 Å². The maximum Gasteiger partial charge on any atom is 0.243 e. The van der Waals surface area contributed by atoms with Gasteiger partial charge in [-0.15, -0.1) is 10.2 Å². The number of rotatable bonds is 6. The number of methoxy groups -OCH3 is 2. The molecular formula is C22H22ClFN4O4S. The van der Waals surface area contributed by atoms with Crippen molar-refractivity contribution >= 4 is 27.4 Å². The van der Waals surface area contributed by atoms with Crippen molar-refractivity contribution in [1.29, 1.82) is 0 Å². The average Bonchev–Trinajstić information content (AvgIpc) is 2.85. The van der Waals surface area contributed by atoms with Crippen molar-refractivity contribution in [2.45, 2.75) is 4.90 Å². The summed E-state index contributed by atoms with van der Waals surface area (Å²) in [6, 6.07) is 12.6. The third-order valence-corrected chi connectivity index (χ3v) is 7.61. The van der Waals surface area contributed by atoms with Crippen LogP contribution in [0.1, 0.15) is 0 Å². The zero-order chi connectivity index (χ0) is 23.6. The SMILES string of the molecule is COc1ccc(-c2ccc(N3CCN(S(=O)(=O)c4ccc(F)c(Cl)c4)CC3)nn2)cc1OC. The van der Waals surface area contributed by atoms with Gasteiger partial charge in [0.2, 0.25) is 10.0 Å². The van der Waals surface area contributed by atoms with Crippen molar-refractivity contribution in [2.75, 3.05) is 45.3 Å². The van der Waals surface area contributed by atoms with Crippen LogP contribution in [-0.2, 0) is 10.0 Å². The first-order valence-corrected chi connectivity index (χ1v) is 11.9. The van der Waals surface area contributed by atoms with Crippen LogP contribution in [0.3, 0.4) is 0 Å². The lowest BCUT2D eigenvalue weighted by molar-refractivity contribution is 0.355. The van der Waals surface area contributed by atoms with Gasteiger partial charge in [-0.05, 0) is 48.5 Å². The van der Waals surface area contributed by atoms with E-state index in [0.29, 0.717) is 36.1 Å². The molecule has 3 aromatic rings. The molecular weight excluding hydrogens is 471 g/mol. The van der Waals surface area contributed by atoms with Crippen molar-refractivity contribution in [2.24, 2.45) is 0 Å². The fraction of sp³-hybridized carbons (Fsp3) is 0.273. The van der Waals surface area contributed by atoms with E-state index >= 15 is 0 Å². The van der Waals surface area contributed by atoms with Gasteiger partial charge in [0, 0.05) is 31.7 Å². The van der Waals surface area contributed by atoms with Gasteiger partial charge >= 0.3 is 0 Å². The Morgan fingerprint density at radius 2 is 1.64 bits per heavy atom. The molecule has 174 valence electrons. The van der Waals surface area contributed by atoms with Crippen LogP contribution < -0.4 is 14.4 Å². The van der Waals surface area contributed by atoms with Gasteiger partial charge in [-0.2, -0.15) is 4.31 Å². The molecule has 0 spiro atoms. The number of nitrogens with zero attached hydrogens (tertiary/aromatic N) is 4. The summed E-state index contributed by atoms with van der Waals surface area (Å²) >= 11 is 5.76. The summed E-state index contributed by atoms with van der Waals surface area (Å²) < 4.78 is 51.1. The number of halogens is 2. The number of piperazine rings is 1. The first kappa shape index (κ1) is 23.2. The van der Waals surface area contributed by atoms with E-state index in [1.165, 1.54) is 10.4 Å². The molecule has 33 heavy (non-hydrogen) atoms. The number of aromatic nitrogens is 2. The normalized spacial score (nSPS) is 14.8. The molecule has 2 heterocycles. The molecule has 0 bridgehead atoms. The summed E-state index contributed by atoms with van der Waals surface area (Å²) in [6.45, 7) is 1.41. The molecule has 4 rings (SSSR count). The number of benzene rings is 2. The van der Waals surface area contributed by atoms with Gasteiger partial charge in [-0.1, -0.05) is 11.6 Å². The maximum atomic E-state index is 13.4. The smallest absolute Gasteiger partial charge is 0.243 e. The summed E-state index contributed by atoms with van der Waals surface area (Å²) in [5.74, 6) is 1.22. The number of ether oxygens (including phenoxy) is 2. The number of sulfonamides is 1. The van der Waals surface area contributed by atoms with E-state index in [4.69, 9.17) is 21.1 Å². The van der Waals surface area contributed by atoms with E-state index in [-0.39, 0.29) is 23.0 Å². The lowest BCUT2D eigenvalue weighted by Gasteiger charge is -2.34. The van der Waals surface area contributed by atoms with Crippen LogP contribution >= 0.6 is 11.6 Å². The summed E-state index contributed by atoms with van der Waals surface area (Å²) in [5, 5.41) is 8.42. The molecule has 0 unspecified atom stereocenters. The van der Waals surface area contributed by atoms with E-state index in [9.17, 15) is 12.8 Å². The van der Waals surface area contributed by atoms with Crippen molar-refractivity contribution in [3.63, 3.8) is 0 Å². The van der Waals surface area contributed by atoms with Crippen LogP contribution in [0.2, 0.25) is 5.02 Å². The highest BCUT2D eigenvalue weighted by molar-refractivity contribution is 7.89. The average molecular weight is 493 g/mol. The zero-order valence-corrected chi connectivity index (χ0v) is 19.6. The fourth-order valence-corrected chi connectivity index (χ4v) is 5.28. The standard InChI is InChI=1S/C22H22ClFN4O4S/c1-31-20-7-3-15(13-21(20)32-2)19-6-8-22(26-25-19)27-9-11-28(12-10-27)33(29,30)16-4-5-18(24)17(23)14-16/h3-8,13-14H,9-12H2,1-2H3. The summed E-state index contributed by atoms with van der Waals surface area (Å²) in [7, 11) is -0.619. The van der Waals surface area contributed by atoms with E-state index in [1.807, 2.05) is 29.2 Å². The van der Waals surface area contributed by atoms with Crippen LogP contribution in [-0.4, -0.2) is 63.3 Å². The highest BCUT2D eigenvalue weighted by atomic mass is 35.5. The molecule has 1 saturated heterocycles. The Morgan fingerprint density at radius 1 is 0.909 bits per heavy atom. The van der Waals surface area contributed by atoms with Gasteiger partial charge in [0.25, 0.3) is 0 Å². The number of anilines is 1. The minimum atomic E-state index is -3.76. The van der Waals surface area contributed by atoms with Crippen molar-refractivity contribution in [1.82, 2.24) is 14.5 Å². The Hall–Kier alpha value is -2.95. The Bertz CT molecular complexity index is 1250. The van der Waals surface area contributed by atoms with Gasteiger partial charge in [-0.25, -0.2) is 12.8 Å². The summed E-state index contributed by atoms with van der Waals surface area (Å²) in [6.07, 6.45) is 0. The van der Waals surface area contributed by atoms with Crippen molar-refractivity contribution in [3.05, 3.63) is 59.4 Å². The highest BCUT2D eigenvalue weighted by Crippen LogP contribution is 2.32. The second-order valence-electron chi connectivity index (χ2n) is 7.31. The molecule has 0 aliphatic carbocycles. The first-order valence-electron chi connectivity index (χ1n) is 10.1. The van der Waals surface area contributed by atoms with Crippen molar-refractivity contribution < 1.29 is 22.3 Å². The fourth-order valence-electron chi connectivity index (χ4n) is 3.59. The van der Waals surface area contributed by atoms with Crippen LogP contribution in [0, 0.1) is 5.82 Å². The van der Waals surface area contributed by atoms with Gasteiger partial charge in [0.05, 0.1) is 29.8 Å². The minimum absolute atomic E-state index is 0.0265. The second kappa shape index (κ2) is 9.50. The van der Waals surface area contributed by atoms with Gasteiger partial charge in [0.1, 0.15) is 5.82 Å². The van der Waals surface area contributed by atoms with Crippen LogP contribution in [0.25, 0.3) is 11.3 Å². The molecule has 2 aromatic carbocycles. The molecule has 1 aromatic heterocycles. The lowest BCUT2D eigenvalue weighted by Crippen LogP contribution is -2.49. The third-order valence-electron chi connectivity index (χ3n) is 5.42. The van der Waals surface area contributed by atoms with Gasteiger partial charge < -0.3 is 14.4 Å². The van der Waals surface area contributed by atoms with Gasteiger partial charge in [0.15, 0.2) is 17.3 Å². The van der Waals surface area contributed by atoms with E-state index in [0.717, 1.165) is 17.7 Å². The Balaban J connectivity index is 1.44. The van der Waals surface area contributed by atoms with E-state index < -0.39 is 15.8 Å². The highest BCUT2D eigenvalue weighted by Gasteiger charge is 2.29. The maximum absolute atomic E-state index is 13.4. The van der Waals surface area contributed by atoms with Gasteiger partial charge in [-0.3, -0.25) is 0 Å². The Kier molecular flexibility index (Phi) is 6.68. The molecule has 0 atom stereocenters. The Labute approximate surface area is 196 Å². The van der Waals surface area contributed by atoms with Crippen LogP contribution in [0.5, 0.6) is 11.5 Å². The Morgan fingerprint density at radius 3 is 2.24 bits per heavy atom. The second-order valence-corrected chi connectivity index (χ2v) is 9.66. The van der Waals surface area contributed by atoms with Crippen LogP contribution in [0.15, 0.2) is 53.4 Å².